The lowest BCUT2D eigenvalue weighted by Crippen LogP contribution is -2.00. The van der Waals surface area contributed by atoms with E-state index in [2.05, 4.69) is 32.0 Å². The quantitative estimate of drug-likeness (QED) is 0.697. The second-order valence-electron chi connectivity index (χ2n) is 4.78. The summed E-state index contributed by atoms with van der Waals surface area (Å²) in [7, 11) is 0. The summed E-state index contributed by atoms with van der Waals surface area (Å²) in [5.41, 5.74) is 6.79. The van der Waals surface area contributed by atoms with Crippen LogP contribution in [0.25, 0.3) is 0 Å². The smallest absolute Gasteiger partial charge is 0.119 e. The van der Waals surface area contributed by atoms with Gasteiger partial charge in [-0.3, -0.25) is 0 Å². The maximum atomic E-state index is 5.75. The molecule has 0 unspecified atom stereocenters. The van der Waals surface area contributed by atoms with Crippen LogP contribution in [0.1, 0.15) is 51.0 Å². The van der Waals surface area contributed by atoms with Crippen molar-refractivity contribution >= 4 is 0 Å². The molecule has 0 spiro atoms. The molecule has 0 aromatic heterocycles. The van der Waals surface area contributed by atoms with Crippen molar-refractivity contribution in [2.45, 2.75) is 45.4 Å². The van der Waals surface area contributed by atoms with Crippen LogP contribution in [-0.4, -0.2) is 13.2 Å². The lowest BCUT2D eigenvalue weighted by Gasteiger charge is -2.09. The molecule has 96 valence electrons. The monoisotopic (exact) mass is 235 g/mol. The molecular weight excluding hydrogens is 210 g/mol. The van der Waals surface area contributed by atoms with E-state index in [9.17, 15) is 0 Å². The fraction of sp³-hybridized carbons (Fsp3) is 0.600. The summed E-state index contributed by atoms with van der Waals surface area (Å²) >= 11 is 0. The van der Waals surface area contributed by atoms with Gasteiger partial charge in [-0.15, -0.1) is 0 Å². The summed E-state index contributed by atoms with van der Waals surface area (Å²) in [6.45, 7) is 6.02. The van der Waals surface area contributed by atoms with Crippen LogP contribution in [0.3, 0.4) is 0 Å². The molecule has 0 atom stereocenters. The molecule has 1 aromatic rings. The van der Waals surface area contributed by atoms with Crippen LogP contribution in [0, 0.1) is 0 Å². The minimum atomic E-state index is 0.558. The highest BCUT2D eigenvalue weighted by Crippen LogP contribution is 2.20. The molecule has 0 saturated heterocycles. The van der Waals surface area contributed by atoms with E-state index < -0.39 is 0 Å². The van der Waals surface area contributed by atoms with Gasteiger partial charge >= 0.3 is 0 Å². The number of benzene rings is 1. The Balaban J connectivity index is 2.24. The topological polar surface area (TPSA) is 35.2 Å². The molecule has 0 aliphatic heterocycles. The normalized spacial score (nSPS) is 10.8. The Kier molecular flexibility index (Phi) is 6.71. The molecule has 0 heterocycles. The molecular formula is C15H25NO. The number of ether oxygens (including phenoxy) is 1. The van der Waals surface area contributed by atoms with Crippen LogP contribution in [0.2, 0.25) is 0 Å². The van der Waals surface area contributed by atoms with Gasteiger partial charge in [0.15, 0.2) is 0 Å². The van der Waals surface area contributed by atoms with Gasteiger partial charge in [-0.2, -0.15) is 0 Å². The first-order valence-corrected chi connectivity index (χ1v) is 6.67. The van der Waals surface area contributed by atoms with Crippen LogP contribution in [0.4, 0.5) is 0 Å². The van der Waals surface area contributed by atoms with E-state index in [1.165, 1.54) is 18.4 Å². The summed E-state index contributed by atoms with van der Waals surface area (Å²) in [4.78, 5) is 0. The molecule has 2 N–H and O–H groups in total. The van der Waals surface area contributed by atoms with Crippen molar-refractivity contribution in [3.8, 4) is 5.75 Å². The fourth-order valence-electron chi connectivity index (χ4n) is 1.75. The van der Waals surface area contributed by atoms with Crippen LogP contribution in [0.5, 0.6) is 5.75 Å². The molecule has 0 aliphatic carbocycles. The Bertz CT molecular complexity index is 310. The zero-order valence-electron chi connectivity index (χ0n) is 11.1. The van der Waals surface area contributed by atoms with Gasteiger partial charge in [0.2, 0.25) is 0 Å². The van der Waals surface area contributed by atoms with Crippen molar-refractivity contribution in [3.05, 3.63) is 29.8 Å². The zero-order chi connectivity index (χ0) is 12.5. The molecule has 2 nitrogen and oxygen atoms in total. The maximum Gasteiger partial charge on any atom is 0.119 e. The van der Waals surface area contributed by atoms with E-state index in [1.54, 1.807) is 0 Å². The average molecular weight is 235 g/mol. The van der Waals surface area contributed by atoms with E-state index in [4.69, 9.17) is 10.5 Å². The lowest BCUT2D eigenvalue weighted by atomic mass is 10.0. The van der Waals surface area contributed by atoms with Crippen LogP contribution >= 0.6 is 0 Å². The molecule has 0 amide bonds. The molecule has 0 aliphatic rings. The van der Waals surface area contributed by atoms with E-state index >= 15 is 0 Å². The van der Waals surface area contributed by atoms with Crippen molar-refractivity contribution < 1.29 is 4.74 Å². The molecule has 0 bridgehead atoms. The highest BCUT2D eigenvalue weighted by atomic mass is 16.5. The van der Waals surface area contributed by atoms with Gasteiger partial charge in [0, 0.05) is 0 Å². The Morgan fingerprint density at radius 1 is 1.12 bits per heavy atom. The van der Waals surface area contributed by atoms with Crippen molar-refractivity contribution in [3.63, 3.8) is 0 Å². The largest absolute Gasteiger partial charge is 0.494 e. The predicted octanol–water partition coefficient (Wildman–Crippen LogP) is 3.71. The minimum absolute atomic E-state index is 0.558. The van der Waals surface area contributed by atoms with Crippen molar-refractivity contribution in [1.82, 2.24) is 0 Å². The molecule has 1 rings (SSSR count). The van der Waals surface area contributed by atoms with E-state index in [0.29, 0.717) is 5.92 Å². The van der Waals surface area contributed by atoms with Crippen LogP contribution in [-0.2, 0) is 0 Å². The molecule has 0 fully saturated rings. The Hall–Kier alpha value is -1.02. The van der Waals surface area contributed by atoms with Gasteiger partial charge in [-0.05, 0) is 43.0 Å². The first-order chi connectivity index (χ1) is 8.24. The highest BCUT2D eigenvalue weighted by Gasteiger charge is 2.00. The predicted molar refractivity (Wildman–Crippen MR) is 73.5 cm³/mol. The number of hydrogen-bond acceptors (Lipinski definition) is 2. The van der Waals surface area contributed by atoms with Gasteiger partial charge in [-0.25, -0.2) is 0 Å². The molecule has 0 saturated carbocycles. The Morgan fingerprint density at radius 2 is 1.88 bits per heavy atom. The SMILES string of the molecule is CC(C)c1cccc(OCCCCCCN)c1. The van der Waals surface area contributed by atoms with Crippen molar-refractivity contribution in [2.75, 3.05) is 13.2 Å². The standard InChI is InChI=1S/C15H25NO/c1-13(2)14-8-7-9-15(12-14)17-11-6-4-3-5-10-16/h7-9,12-13H,3-6,10-11,16H2,1-2H3. The zero-order valence-corrected chi connectivity index (χ0v) is 11.1. The number of nitrogens with two attached hydrogens (primary N) is 1. The van der Waals surface area contributed by atoms with E-state index in [1.807, 2.05) is 6.07 Å². The number of hydrogen-bond donors (Lipinski definition) is 1. The van der Waals surface area contributed by atoms with Gasteiger partial charge in [-0.1, -0.05) is 38.8 Å². The average Bonchev–Trinajstić information content (AvgIpc) is 2.34. The third kappa shape index (κ3) is 5.73. The van der Waals surface area contributed by atoms with Crippen LogP contribution < -0.4 is 10.5 Å². The van der Waals surface area contributed by atoms with Gasteiger partial charge in [0.1, 0.15) is 5.75 Å². The van der Waals surface area contributed by atoms with Crippen LogP contribution in [0.15, 0.2) is 24.3 Å². The minimum Gasteiger partial charge on any atom is -0.494 e. The second kappa shape index (κ2) is 8.13. The van der Waals surface area contributed by atoms with Gasteiger partial charge in [0.05, 0.1) is 6.61 Å². The van der Waals surface area contributed by atoms with Gasteiger partial charge < -0.3 is 10.5 Å². The lowest BCUT2D eigenvalue weighted by molar-refractivity contribution is 0.304. The third-order valence-corrected chi connectivity index (χ3v) is 2.89. The summed E-state index contributed by atoms with van der Waals surface area (Å²) in [5, 5.41) is 0. The summed E-state index contributed by atoms with van der Waals surface area (Å²) in [6.07, 6.45) is 4.67. The summed E-state index contributed by atoms with van der Waals surface area (Å²) in [5.74, 6) is 1.55. The first-order valence-electron chi connectivity index (χ1n) is 6.67. The second-order valence-corrected chi connectivity index (χ2v) is 4.78. The number of unbranched alkanes of at least 4 members (excludes halogenated alkanes) is 3. The maximum absolute atomic E-state index is 5.75. The van der Waals surface area contributed by atoms with Crippen molar-refractivity contribution in [2.24, 2.45) is 5.73 Å². The third-order valence-electron chi connectivity index (χ3n) is 2.89. The number of rotatable bonds is 8. The van der Waals surface area contributed by atoms with E-state index in [-0.39, 0.29) is 0 Å². The molecule has 1 aromatic carbocycles. The van der Waals surface area contributed by atoms with Crippen molar-refractivity contribution in [1.29, 1.82) is 0 Å². The summed E-state index contributed by atoms with van der Waals surface area (Å²) < 4.78 is 5.75. The Labute approximate surface area is 105 Å². The van der Waals surface area contributed by atoms with Gasteiger partial charge in [0.25, 0.3) is 0 Å². The molecule has 2 heteroatoms. The summed E-state index contributed by atoms with van der Waals surface area (Å²) in [6, 6.07) is 8.40. The fourth-order valence-corrected chi connectivity index (χ4v) is 1.75. The Morgan fingerprint density at radius 3 is 2.59 bits per heavy atom. The molecule has 0 radical (unpaired) electrons. The first kappa shape index (κ1) is 14.0. The highest BCUT2D eigenvalue weighted by molar-refractivity contribution is 5.30. The van der Waals surface area contributed by atoms with E-state index in [0.717, 1.165) is 31.7 Å². The molecule has 17 heavy (non-hydrogen) atoms.